The van der Waals surface area contributed by atoms with Crippen LogP contribution in [0.4, 0.5) is 22.7 Å². The van der Waals surface area contributed by atoms with E-state index in [0.29, 0.717) is 21.9 Å². The van der Waals surface area contributed by atoms with Crippen molar-refractivity contribution in [1.82, 2.24) is 0 Å². The summed E-state index contributed by atoms with van der Waals surface area (Å²) in [6, 6.07) is 14.8. The lowest BCUT2D eigenvalue weighted by molar-refractivity contribution is -0.384. The molecule has 0 unspecified atom stereocenters. The van der Waals surface area contributed by atoms with Crippen LogP contribution in [-0.2, 0) is 0 Å². The van der Waals surface area contributed by atoms with Crippen molar-refractivity contribution in [2.75, 3.05) is 28.6 Å². The van der Waals surface area contributed by atoms with Crippen molar-refractivity contribution < 1.29 is 14.5 Å². The highest BCUT2D eigenvalue weighted by Gasteiger charge is 2.24. The van der Waals surface area contributed by atoms with Gasteiger partial charge >= 0.3 is 0 Å². The quantitative estimate of drug-likeness (QED) is 0.428. The maximum Gasteiger partial charge on any atom is 0.293 e. The molecule has 0 radical (unpaired) electrons. The smallest absolute Gasteiger partial charge is 0.293 e. The molecule has 1 aliphatic rings. The van der Waals surface area contributed by atoms with Crippen LogP contribution in [-0.4, -0.2) is 29.8 Å². The van der Waals surface area contributed by atoms with Crippen LogP contribution in [0.15, 0.2) is 60.0 Å². The summed E-state index contributed by atoms with van der Waals surface area (Å²) in [5.74, 6) is -0.636. The van der Waals surface area contributed by atoms with E-state index in [-0.39, 0.29) is 17.2 Å². The number of benzene rings is 2. The summed E-state index contributed by atoms with van der Waals surface area (Å²) < 4.78 is 0. The predicted octanol–water partition coefficient (Wildman–Crippen LogP) is 4.76. The molecule has 2 N–H and O–H groups in total. The fourth-order valence-corrected chi connectivity index (χ4v) is 4.10. The van der Waals surface area contributed by atoms with E-state index in [0.717, 1.165) is 25.9 Å². The summed E-state index contributed by atoms with van der Waals surface area (Å²) in [5.41, 5.74) is 1.81. The normalized spacial score (nSPS) is 13.1. The fourth-order valence-electron chi connectivity index (χ4n) is 3.48. The molecule has 8 nitrogen and oxygen atoms in total. The molecule has 2 heterocycles. The van der Waals surface area contributed by atoms with Gasteiger partial charge < -0.3 is 15.5 Å². The first-order valence-electron chi connectivity index (χ1n) is 9.81. The van der Waals surface area contributed by atoms with Crippen LogP contribution < -0.4 is 15.5 Å². The summed E-state index contributed by atoms with van der Waals surface area (Å²) in [4.78, 5) is 38.4. The van der Waals surface area contributed by atoms with Gasteiger partial charge in [0.1, 0.15) is 5.69 Å². The van der Waals surface area contributed by atoms with E-state index in [9.17, 15) is 19.7 Å². The standard InChI is InChI=1S/C22H20N4O4S/c27-21(15-5-10-18(19(14-15)26(29)30)25-11-1-2-12-25)23-16-6-8-17(9-7-16)24-22(28)20-4-3-13-31-20/h3-10,13-14H,1-2,11-12H2,(H,23,27)(H,24,28). The van der Waals surface area contributed by atoms with Crippen LogP contribution in [0.2, 0.25) is 0 Å². The minimum Gasteiger partial charge on any atom is -0.366 e. The Balaban J connectivity index is 1.44. The van der Waals surface area contributed by atoms with Crippen molar-refractivity contribution in [3.63, 3.8) is 0 Å². The Labute approximate surface area is 182 Å². The number of hydrogen-bond donors (Lipinski definition) is 2. The monoisotopic (exact) mass is 436 g/mol. The molecule has 1 aromatic heterocycles. The number of nitrogens with one attached hydrogen (secondary N) is 2. The summed E-state index contributed by atoms with van der Waals surface area (Å²) in [5, 5.41) is 18.9. The number of amides is 2. The van der Waals surface area contributed by atoms with Gasteiger partial charge in [-0.25, -0.2) is 0 Å². The summed E-state index contributed by atoms with van der Waals surface area (Å²) in [7, 11) is 0. The van der Waals surface area contributed by atoms with E-state index in [2.05, 4.69) is 10.6 Å². The number of hydrogen-bond acceptors (Lipinski definition) is 6. The lowest BCUT2D eigenvalue weighted by Crippen LogP contribution is -2.19. The van der Waals surface area contributed by atoms with Gasteiger partial charge in [0.2, 0.25) is 0 Å². The van der Waals surface area contributed by atoms with Crippen molar-refractivity contribution in [3.8, 4) is 0 Å². The molecule has 1 fully saturated rings. The van der Waals surface area contributed by atoms with E-state index >= 15 is 0 Å². The zero-order valence-electron chi connectivity index (χ0n) is 16.5. The number of nitrogens with zero attached hydrogens (tertiary/aromatic N) is 2. The highest BCUT2D eigenvalue weighted by atomic mass is 32.1. The highest BCUT2D eigenvalue weighted by Crippen LogP contribution is 2.32. The third-order valence-electron chi connectivity index (χ3n) is 5.03. The van der Waals surface area contributed by atoms with E-state index < -0.39 is 10.8 Å². The molecule has 4 rings (SSSR count). The van der Waals surface area contributed by atoms with E-state index in [4.69, 9.17) is 0 Å². The first-order valence-corrected chi connectivity index (χ1v) is 10.7. The maximum atomic E-state index is 12.6. The van der Waals surface area contributed by atoms with Crippen LogP contribution in [0.3, 0.4) is 0 Å². The molecule has 2 amide bonds. The minimum absolute atomic E-state index is 0.0683. The molecule has 0 spiro atoms. The first-order chi connectivity index (χ1) is 15.0. The van der Waals surface area contributed by atoms with Crippen molar-refractivity contribution in [2.24, 2.45) is 0 Å². The lowest BCUT2D eigenvalue weighted by Gasteiger charge is -2.17. The van der Waals surface area contributed by atoms with Gasteiger partial charge in [-0.1, -0.05) is 6.07 Å². The molecule has 1 aliphatic heterocycles. The fraction of sp³-hybridized carbons (Fsp3) is 0.182. The van der Waals surface area contributed by atoms with Crippen molar-refractivity contribution in [3.05, 3.63) is 80.5 Å². The van der Waals surface area contributed by atoms with Crippen LogP contribution in [0, 0.1) is 10.1 Å². The second kappa shape index (κ2) is 8.97. The summed E-state index contributed by atoms with van der Waals surface area (Å²) >= 11 is 1.35. The van der Waals surface area contributed by atoms with Crippen molar-refractivity contribution in [2.45, 2.75) is 12.8 Å². The van der Waals surface area contributed by atoms with Crippen molar-refractivity contribution >= 4 is 45.9 Å². The van der Waals surface area contributed by atoms with Gasteiger partial charge in [-0.3, -0.25) is 19.7 Å². The maximum absolute atomic E-state index is 12.6. The topological polar surface area (TPSA) is 105 Å². The Kier molecular flexibility index (Phi) is 5.94. The molecule has 1 saturated heterocycles. The van der Waals surface area contributed by atoms with E-state index in [1.54, 1.807) is 48.5 Å². The van der Waals surface area contributed by atoms with Crippen LogP contribution in [0.1, 0.15) is 32.9 Å². The average molecular weight is 436 g/mol. The molecule has 158 valence electrons. The Bertz CT molecular complexity index is 1110. The van der Waals surface area contributed by atoms with Crippen LogP contribution in [0.5, 0.6) is 0 Å². The third kappa shape index (κ3) is 4.72. The number of nitro groups is 1. The first kappa shape index (κ1) is 20.5. The number of nitro benzene ring substituents is 1. The molecule has 0 saturated carbocycles. The number of rotatable bonds is 6. The van der Waals surface area contributed by atoms with Crippen LogP contribution >= 0.6 is 11.3 Å². The van der Waals surface area contributed by atoms with Gasteiger partial charge in [0, 0.05) is 36.1 Å². The van der Waals surface area contributed by atoms with Crippen molar-refractivity contribution in [1.29, 1.82) is 0 Å². The summed E-state index contributed by atoms with van der Waals surface area (Å²) in [6.07, 6.45) is 2.01. The second-order valence-corrected chi connectivity index (χ2v) is 8.07. The average Bonchev–Trinajstić information content (AvgIpc) is 3.49. The molecular formula is C22H20N4O4S. The Morgan fingerprint density at radius 2 is 1.58 bits per heavy atom. The van der Waals surface area contributed by atoms with Gasteiger partial charge in [-0.15, -0.1) is 11.3 Å². The lowest BCUT2D eigenvalue weighted by atomic mass is 10.1. The Morgan fingerprint density at radius 3 is 2.16 bits per heavy atom. The van der Waals surface area contributed by atoms with Gasteiger partial charge in [-0.2, -0.15) is 0 Å². The molecule has 31 heavy (non-hydrogen) atoms. The molecule has 9 heteroatoms. The Hall–Kier alpha value is -3.72. The molecule has 2 aromatic carbocycles. The van der Waals surface area contributed by atoms with Gasteiger partial charge in [-0.05, 0) is 60.7 Å². The number of anilines is 3. The largest absolute Gasteiger partial charge is 0.366 e. The van der Waals surface area contributed by atoms with Gasteiger partial charge in [0.15, 0.2) is 0 Å². The minimum atomic E-state index is -0.449. The van der Waals surface area contributed by atoms with E-state index in [1.807, 2.05) is 10.3 Å². The zero-order valence-corrected chi connectivity index (χ0v) is 17.4. The highest BCUT2D eigenvalue weighted by molar-refractivity contribution is 7.12. The molecule has 0 aliphatic carbocycles. The van der Waals surface area contributed by atoms with Gasteiger partial charge in [0.25, 0.3) is 17.5 Å². The molecule has 3 aromatic rings. The van der Waals surface area contributed by atoms with Gasteiger partial charge in [0.05, 0.1) is 9.80 Å². The van der Waals surface area contributed by atoms with Crippen LogP contribution in [0.25, 0.3) is 0 Å². The molecule has 0 atom stereocenters. The Morgan fingerprint density at radius 1 is 0.935 bits per heavy atom. The molecule has 0 bridgehead atoms. The third-order valence-corrected chi connectivity index (χ3v) is 5.90. The van der Waals surface area contributed by atoms with E-state index in [1.165, 1.54) is 17.4 Å². The number of carbonyl (C=O) groups excluding carboxylic acids is 2. The number of carbonyl (C=O) groups is 2. The summed E-state index contributed by atoms with van der Waals surface area (Å²) in [6.45, 7) is 1.56. The number of thiophene rings is 1. The zero-order chi connectivity index (χ0) is 21.8. The molecular weight excluding hydrogens is 416 g/mol. The SMILES string of the molecule is O=C(Nc1ccc(NC(=O)c2cccs2)cc1)c1ccc(N2CCCC2)c([N+](=O)[O-])c1. The predicted molar refractivity (Wildman–Crippen MR) is 121 cm³/mol. The second-order valence-electron chi connectivity index (χ2n) is 7.12.